The number of carboxylic acids is 1. The Morgan fingerprint density at radius 2 is 0.736 bits per heavy atom. The summed E-state index contributed by atoms with van der Waals surface area (Å²) in [5.41, 5.74) is 5.99. The number of rotatable bonds is 28. The van der Waals surface area contributed by atoms with E-state index in [4.69, 9.17) is 86.3 Å². The molecule has 9 fully saturated rings. The quantitative estimate of drug-likeness (QED) is 0.0346. The second-order valence-corrected chi connectivity index (χ2v) is 28.5. The molecule has 0 aromatic heterocycles. The molecule has 46 atom stereocenters. The molecule has 0 aromatic carbocycles. The zero-order chi connectivity index (χ0) is 78.1. The van der Waals surface area contributed by atoms with Crippen molar-refractivity contribution >= 4 is 5.97 Å². The highest BCUT2D eigenvalue weighted by Crippen LogP contribution is 2.43. The van der Waals surface area contributed by atoms with Crippen LogP contribution < -0.4 is 5.73 Å². The fraction of sp³-hybridized carbons (Fsp3) is 0.984. The minimum atomic E-state index is -3.13. The van der Waals surface area contributed by atoms with Crippen molar-refractivity contribution in [1.82, 2.24) is 0 Å². The van der Waals surface area contributed by atoms with Gasteiger partial charge in [-0.1, -0.05) is 27.7 Å². The van der Waals surface area contributed by atoms with Crippen LogP contribution in [-0.4, -0.2) is 450 Å². The van der Waals surface area contributed by atoms with E-state index >= 15 is 0 Å². The van der Waals surface area contributed by atoms with Gasteiger partial charge in [-0.15, -0.1) is 0 Å². The molecule has 9 saturated heterocycles. The third-order valence-corrected chi connectivity index (χ3v) is 21.5. The molecule has 0 radical (unpaired) electrons. The van der Waals surface area contributed by atoms with Crippen LogP contribution in [0.1, 0.15) is 41.0 Å². The highest BCUT2D eigenvalue weighted by atomic mass is 16.8. The van der Waals surface area contributed by atoms with E-state index in [2.05, 4.69) is 0 Å². The first-order chi connectivity index (χ1) is 50.1. The van der Waals surface area contributed by atoms with Crippen LogP contribution in [0.15, 0.2) is 0 Å². The summed E-state index contributed by atoms with van der Waals surface area (Å²) in [4.78, 5) is 13.0. The molecule has 44 heteroatoms. The molecule has 0 spiro atoms. The van der Waals surface area contributed by atoms with Gasteiger partial charge in [0.15, 0.2) is 44.0 Å². The first-order valence-electron chi connectivity index (χ1n) is 35.0. The summed E-state index contributed by atoms with van der Waals surface area (Å²) in [6.45, 7) is -1.42. The van der Waals surface area contributed by atoms with Crippen molar-refractivity contribution in [2.45, 2.75) is 298 Å². The smallest absolute Gasteiger partial charge is 0.364 e. The molecule has 9 heterocycles. The molecular formula is C62H107NO43. The van der Waals surface area contributed by atoms with Crippen LogP contribution in [0.5, 0.6) is 0 Å². The van der Waals surface area contributed by atoms with Crippen LogP contribution in [0.2, 0.25) is 0 Å². The Labute approximate surface area is 604 Å². The molecule has 9 aliphatic heterocycles. The number of hydrogen-bond acceptors (Lipinski definition) is 43. The van der Waals surface area contributed by atoms with Gasteiger partial charge in [-0.3, -0.25) is 0 Å². The zero-order valence-corrected chi connectivity index (χ0v) is 58.2. The lowest BCUT2D eigenvalue weighted by Gasteiger charge is -2.51. The highest BCUT2D eigenvalue weighted by molar-refractivity contribution is 5.76. The van der Waals surface area contributed by atoms with Gasteiger partial charge in [-0.2, -0.15) is 0 Å². The Hall–Kier alpha value is -2.21. The number of carbonyl (C=O) groups is 1. The van der Waals surface area contributed by atoms with Crippen molar-refractivity contribution < 1.29 is 213 Å². The molecule has 618 valence electrons. The summed E-state index contributed by atoms with van der Waals surface area (Å²) in [6, 6.07) is -1.62. The SMILES string of the molecule is CC1C(O)[C@H](O[C@@H]2OC(CO)[C@H](O)C(O[C@]3(C(=O)O)C[C@@H](O)[C@@H](N)C([C@H](O)[C@H](O)CO)O3)[C@@H]2O)[C@H](CO)O[C@H]1O[C@@H]1C(O)[C@H](O)C(CO)O[C@@H]1OCC1O[C@@H](O[C@@H]2C(CO)O[C@@H](O[C@@H]3C(CO)O[C@@H](C)C(C)[C@H]3O)C(C)[C@H]2O)C(O)[C@@H](O[C@H]2O[C@H](CO)[C@@H](O)C(O)C2O[C@@H]2OC(CO)[C@@H](O)C(O)[C@@H]2C)[C@@H]1O. The summed E-state index contributed by atoms with van der Waals surface area (Å²) in [5, 5.41) is 275. The van der Waals surface area contributed by atoms with E-state index in [0.717, 1.165) is 0 Å². The molecule has 9 aliphatic rings. The Balaban J connectivity index is 0.967. The molecule has 0 aliphatic carbocycles. The van der Waals surface area contributed by atoms with Crippen molar-refractivity contribution in [2.75, 3.05) is 59.5 Å². The zero-order valence-electron chi connectivity index (χ0n) is 58.2. The number of aliphatic carboxylic acids is 1. The Kier molecular flexibility index (Phi) is 30.9. The van der Waals surface area contributed by atoms with Crippen molar-refractivity contribution in [1.29, 1.82) is 0 Å². The summed E-state index contributed by atoms with van der Waals surface area (Å²) >= 11 is 0. The second-order valence-electron chi connectivity index (χ2n) is 28.5. The normalized spacial score (nSPS) is 51.9. The van der Waals surface area contributed by atoms with Gasteiger partial charge in [0.2, 0.25) is 0 Å². The van der Waals surface area contributed by atoms with Gasteiger partial charge in [-0.25, -0.2) is 4.79 Å². The molecule has 0 saturated carbocycles. The number of aliphatic hydroxyl groups excluding tert-OH is 24. The molecule has 17 unspecified atom stereocenters. The second kappa shape index (κ2) is 37.4. The molecule has 27 N–H and O–H groups in total. The van der Waals surface area contributed by atoms with Crippen molar-refractivity contribution in [3.63, 3.8) is 0 Å². The molecule has 44 nitrogen and oxygen atoms in total. The summed E-state index contributed by atoms with van der Waals surface area (Å²) in [7, 11) is 0. The fourth-order valence-corrected chi connectivity index (χ4v) is 14.5. The molecule has 106 heavy (non-hydrogen) atoms. The Bertz CT molecular complexity index is 2690. The number of hydrogen-bond donors (Lipinski definition) is 26. The predicted octanol–water partition coefficient (Wildman–Crippen LogP) is -15.3. The average molecular weight is 1550 g/mol. The molecule has 0 bridgehead atoms. The lowest BCUT2D eigenvalue weighted by Crippen LogP contribution is -2.70. The number of aliphatic hydroxyl groups is 24. The van der Waals surface area contributed by atoms with Gasteiger partial charge >= 0.3 is 5.97 Å². The maximum Gasteiger partial charge on any atom is 0.364 e. The summed E-state index contributed by atoms with van der Waals surface area (Å²) in [6.07, 6.45) is -75.2. The molecule has 9 rings (SSSR count). The van der Waals surface area contributed by atoms with Crippen molar-refractivity contribution in [3.8, 4) is 0 Å². The average Bonchev–Trinajstić information content (AvgIpc) is 0.760. The predicted molar refractivity (Wildman–Crippen MR) is 332 cm³/mol. The van der Waals surface area contributed by atoms with E-state index < -0.39 is 353 Å². The first kappa shape index (κ1) is 87.8. The van der Waals surface area contributed by atoms with Gasteiger partial charge in [0.05, 0.1) is 102 Å². The molecule has 0 amide bonds. The maximum absolute atomic E-state index is 13.0. The molecular weight excluding hydrogens is 1450 g/mol. The van der Waals surface area contributed by atoms with E-state index in [1.165, 1.54) is 20.8 Å². The van der Waals surface area contributed by atoms with Crippen LogP contribution in [0.25, 0.3) is 0 Å². The maximum atomic E-state index is 13.0. The van der Waals surface area contributed by atoms with Gasteiger partial charge in [0, 0.05) is 30.1 Å². The third kappa shape index (κ3) is 18.0. The van der Waals surface area contributed by atoms with E-state index in [1.807, 2.05) is 0 Å². The lowest BCUT2D eigenvalue weighted by molar-refractivity contribution is -0.400. The van der Waals surface area contributed by atoms with Gasteiger partial charge in [-0.05, 0) is 6.92 Å². The van der Waals surface area contributed by atoms with Crippen LogP contribution >= 0.6 is 0 Å². The third-order valence-electron chi connectivity index (χ3n) is 21.5. The van der Waals surface area contributed by atoms with Crippen LogP contribution in [0.3, 0.4) is 0 Å². The largest absolute Gasteiger partial charge is 0.477 e. The topological polar surface area (TPSA) is 706 Å². The van der Waals surface area contributed by atoms with Crippen molar-refractivity contribution in [3.05, 3.63) is 0 Å². The van der Waals surface area contributed by atoms with Crippen LogP contribution in [0, 0.1) is 23.7 Å². The number of ether oxygens (including phenoxy) is 17. The standard InChI is InChI=1S/C62H107NO43/c1-16-20(5)91-27(12-69)46(33(16)75)99-55-18(3)34(76)47(28(13-70)96-55)100-57-44(86)50(102-60-53(43(85)39(81)25(10-67)95-60)104-54-17(2)32(74)37(79)23(8-65)92-54)41(83)30(98-57)15-90-59-52(42(84)38(80)24(9-66)94-59)103-56-19(4)35(77)48(29(14-71)97-56)101-58-45(87)51(40(82)26(11-68)93-58)106-62(61(88)89)6-21(72)31(63)49(105-62)36(78)22(73)7-64/h16-60,64-87H,6-15,63H2,1-5H3,(H,88,89)/t16?,17-,18?,19?,20-,21+,22+,23?,24?,25+,26?,27?,28?,29-,30?,31+,32?,33+,34+,35?,36+,37+,38+,39+,40-,41+,42?,43?,44?,45-,46+,47+,48+,49?,50-,51?,52+,53?,54-,55-,56-,57-,58-,59-,60+,62-/m0/s1. The Morgan fingerprint density at radius 3 is 1.21 bits per heavy atom. The van der Waals surface area contributed by atoms with Crippen LogP contribution in [0.4, 0.5) is 0 Å². The van der Waals surface area contributed by atoms with E-state index in [-0.39, 0.29) is 0 Å². The van der Waals surface area contributed by atoms with Gasteiger partial charge < -0.3 is 214 Å². The summed E-state index contributed by atoms with van der Waals surface area (Å²) in [5.74, 6) is -9.45. The van der Waals surface area contributed by atoms with Crippen molar-refractivity contribution in [2.24, 2.45) is 29.4 Å². The number of carboxylic acid groups (broad SMARTS) is 1. The van der Waals surface area contributed by atoms with Gasteiger partial charge in [0.1, 0.15) is 165 Å². The molecule has 0 aromatic rings. The number of nitrogens with two attached hydrogens (primary N) is 1. The minimum absolute atomic E-state index is 0.528. The van der Waals surface area contributed by atoms with Gasteiger partial charge in [0.25, 0.3) is 5.79 Å². The Morgan fingerprint density at radius 1 is 0.387 bits per heavy atom. The highest BCUT2D eigenvalue weighted by Gasteiger charge is 2.62. The first-order valence-corrected chi connectivity index (χ1v) is 35.0. The minimum Gasteiger partial charge on any atom is -0.477 e. The van der Waals surface area contributed by atoms with E-state index in [1.54, 1.807) is 13.8 Å². The fourth-order valence-electron chi connectivity index (χ4n) is 14.5. The van der Waals surface area contributed by atoms with E-state index in [9.17, 15) is 132 Å². The lowest BCUT2D eigenvalue weighted by atomic mass is 9.88. The van der Waals surface area contributed by atoms with E-state index in [0.29, 0.717) is 0 Å². The summed E-state index contributed by atoms with van der Waals surface area (Å²) < 4.78 is 102. The van der Waals surface area contributed by atoms with Crippen LogP contribution in [-0.2, 0) is 85.3 Å². The monoisotopic (exact) mass is 1550 g/mol.